The zero-order chi connectivity index (χ0) is 11.8. The molecule has 0 radical (unpaired) electrons. The second kappa shape index (κ2) is 3.80. The average molecular weight is 221 g/mol. The molecule has 2 amide bonds. The van der Waals surface area contributed by atoms with Gasteiger partial charge in [0.25, 0.3) is 0 Å². The van der Waals surface area contributed by atoms with Gasteiger partial charge in [0, 0.05) is 26.1 Å². The van der Waals surface area contributed by atoms with Crippen LogP contribution in [0.5, 0.6) is 0 Å². The Labute approximate surface area is 94.6 Å². The summed E-state index contributed by atoms with van der Waals surface area (Å²) in [7, 11) is 0. The summed E-state index contributed by atoms with van der Waals surface area (Å²) in [5.74, 6) is 2.94. The molecule has 1 fully saturated rings. The molecule has 2 N–H and O–H groups in total. The Kier molecular flexibility index (Phi) is 2.60. The standard InChI is InChI=1S/C11H15N3O2/c1-3-8(2)14-10(15)13-9(12)11(14)4-6-16-7-5-11/h1,8H,4-7H2,2H3,(H2,12,13,15). The van der Waals surface area contributed by atoms with Crippen LogP contribution in [-0.4, -0.2) is 41.6 Å². The molecule has 2 aliphatic heterocycles. The van der Waals surface area contributed by atoms with E-state index in [-0.39, 0.29) is 12.1 Å². The first-order chi connectivity index (χ1) is 7.62. The zero-order valence-corrected chi connectivity index (χ0v) is 9.27. The van der Waals surface area contributed by atoms with Crippen LogP contribution in [-0.2, 0) is 4.74 Å². The lowest BCUT2D eigenvalue weighted by molar-refractivity contribution is 0.0230. The van der Waals surface area contributed by atoms with Crippen LogP contribution in [0.4, 0.5) is 4.79 Å². The Balaban J connectivity index is 2.36. The summed E-state index contributed by atoms with van der Waals surface area (Å²) in [4.78, 5) is 17.2. The van der Waals surface area contributed by atoms with E-state index < -0.39 is 5.54 Å². The van der Waals surface area contributed by atoms with E-state index in [1.54, 1.807) is 4.90 Å². The first-order valence-electron chi connectivity index (χ1n) is 5.33. The van der Waals surface area contributed by atoms with Crippen molar-refractivity contribution in [3.63, 3.8) is 0 Å². The van der Waals surface area contributed by atoms with Crippen molar-refractivity contribution in [2.24, 2.45) is 10.7 Å². The zero-order valence-electron chi connectivity index (χ0n) is 9.27. The maximum atomic E-state index is 11.8. The molecule has 1 saturated heterocycles. The first kappa shape index (κ1) is 11.0. The van der Waals surface area contributed by atoms with Gasteiger partial charge in [0.05, 0.1) is 6.04 Å². The van der Waals surface area contributed by atoms with Crippen molar-refractivity contribution in [2.75, 3.05) is 13.2 Å². The third kappa shape index (κ3) is 1.38. The molecule has 0 bridgehead atoms. The van der Waals surface area contributed by atoms with E-state index in [4.69, 9.17) is 16.9 Å². The second-order valence-corrected chi connectivity index (χ2v) is 4.14. The van der Waals surface area contributed by atoms with Crippen molar-refractivity contribution < 1.29 is 9.53 Å². The molecule has 0 aromatic carbocycles. The van der Waals surface area contributed by atoms with E-state index in [2.05, 4.69) is 10.9 Å². The van der Waals surface area contributed by atoms with E-state index in [1.165, 1.54) is 0 Å². The Hall–Kier alpha value is -1.54. The smallest absolute Gasteiger partial charge is 0.347 e. The topological polar surface area (TPSA) is 67.9 Å². The van der Waals surface area contributed by atoms with E-state index in [1.807, 2.05) is 6.92 Å². The van der Waals surface area contributed by atoms with Crippen LogP contribution in [0.3, 0.4) is 0 Å². The molecule has 0 aromatic heterocycles. The van der Waals surface area contributed by atoms with Gasteiger partial charge in [0.15, 0.2) is 0 Å². The van der Waals surface area contributed by atoms with Crippen molar-refractivity contribution in [3.05, 3.63) is 0 Å². The van der Waals surface area contributed by atoms with E-state index >= 15 is 0 Å². The van der Waals surface area contributed by atoms with Crippen molar-refractivity contribution in [1.29, 1.82) is 0 Å². The fraction of sp³-hybridized carbons (Fsp3) is 0.636. The minimum absolute atomic E-state index is 0.296. The molecule has 86 valence electrons. The molecule has 16 heavy (non-hydrogen) atoms. The molecular weight excluding hydrogens is 206 g/mol. The summed E-state index contributed by atoms with van der Waals surface area (Å²) >= 11 is 0. The molecule has 2 aliphatic rings. The van der Waals surface area contributed by atoms with Crippen LogP contribution in [0.1, 0.15) is 19.8 Å². The monoisotopic (exact) mass is 221 g/mol. The highest BCUT2D eigenvalue weighted by Gasteiger charge is 2.50. The molecule has 5 nitrogen and oxygen atoms in total. The molecule has 0 saturated carbocycles. The van der Waals surface area contributed by atoms with Crippen molar-refractivity contribution in [3.8, 4) is 12.3 Å². The Morgan fingerprint density at radius 2 is 2.25 bits per heavy atom. The predicted octanol–water partition coefficient (Wildman–Crippen LogP) is 0.350. The molecule has 1 atom stereocenters. The highest BCUT2D eigenvalue weighted by Crippen LogP contribution is 2.34. The Bertz CT molecular complexity index is 377. The van der Waals surface area contributed by atoms with Crippen LogP contribution < -0.4 is 5.73 Å². The van der Waals surface area contributed by atoms with Crippen LogP contribution in [0.25, 0.3) is 0 Å². The van der Waals surface area contributed by atoms with Gasteiger partial charge in [-0.05, 0) is 6.92 Å². The van der Waals surface area contributed by atoms with Gasteiger partial charge in [-0.1, -0.05) is 5.92 Å². The highest BCUT2D eigenvalue weighted by molar-refractivity contribution is 6.06. The quantitative estimate of drug-likeness (QED) is 0.650. The molecule has 0 aromatic rings. The largest absolute Gasteiger partial charge is 0.385 e. The number of nitrogens with zero attached hydrogens (tertiary/aromatic N) is 2. The molecule has 2 rings (SSSR count). The number of carbonyl (C=O) groups excluding carboxylic acids is 1. The fourth-order valence-electron chi connectivity index (χ4n) is 2.38. The SMILES string of the molecule is C#CC(C)N1C(=O)N=C(N)C12CCOCC2. The van der Waals surface area contributed by atoms with E-state index in [0.29, 0.717) is 31.9 Å². The molecule has 0 aliphatic carbocycles. The third-order valence-electron chi connectivity index (χ3n) is 3.31. The lowest BCUT2D eigenvalue weighted by Crippen LogP contribution is -2.59. The molecule has 5 heteroatoms. The molecular formula is C11H15N3O2. The lowest BCUT2D eigenvalue weighted by atomic mass is 9.87. The fourth-order valence-corrected chi connectivity index (χ4v) is 2.38. The van der Waals surface area contributed by atoms with Gasteiger partial charge in [-0.15, -0.1) is 6.42 Å². The first-order valence-corrected chi connectivity index (χ1v) is 5.33. The van der Waals surface area contributed by atoms with Crippen LogP contribution in [0.2, 0.25) is 0 Å². The normalized spacial score (nSPS) is 25.4. The Morgan fingerprint density at radius 1 is 1.62 bits per heavy atom. The summed E-state index contributed by atoms with van der Waals surface area (Å²) < 4.78 is 5.30. The number of rotatable bonds is 1. The molecule has 1 unspecified atom stereocenters. The molecule has 2 heterocycles. The van der Waals surface area contributed by atoms with E-state index in [0.717, 1.165) is 0 Å². The predicted molar refractivity (Wildman–Crippen MR) is 59.9 cm³/mol. The third-order valence-corrected chi connectivity index (χ3v) is 3.31. The van der Waals surface area contributed by atoms with Gasteiger partial charge in [0.1, 0.15) is 11.4 Å². The summed E-state index contributed by atoms with van der Waals surface area (Å²) in [6.45, 7) is 2.97. The van der Waals surface area contributed by atoms with Crippen molar-refractivity contribution in [2.45, 2.75) is 31.3 Å². The number of hydrogen-bond acceptors (Lipinski definition) is 3. The lowest BCUT2D eigenvalue weighted by Gasteiger charge is -2.42. The summed E-state index contributed by atoms with van der Waals surface area (Å²) in [6.07, 6.45) is 6.72. The summed E-state index contributed by atoms with van der Waals surface area (Å²) in [5, 5.41) is 0. The number of amides is 2. The number of urea groups is 1. The maximum Gasteiger partial charge on any atom is 0.347 e. The molecule has 1 spiro atoms. The summed E-state index contributed by atoms with van der Waals surface area (Å²) in [6, 6.07) is -0.625. The average Bonchev–Trinajstić information content (AvgIpc) is 2.51. The van der Waals surface area contributed by atoms with Crippen LogP contribution >= 0.6 is 0 Å². The number of hydrogen-bond donors (Lipinski definition) is 1. The van der Waals surface area contributed by atoms with Gasteiger partial charge in [-0.3, -0.25) is 4.90 Å². The van der Waals surface area contributed by atoms with Crippen LogP contribution in [0.15, 0.2) is 4.99 Å². The number of ether oxygens (including phenoxy) is 1. The van der Waals surface area contributed by atoms with Gasteiger partial charge < -0.3 is 10.5 Å². The number of aliphatic imine (C=N–C) groups is 1. The van der Waals surface area contributed by atoms with Crippen LogP contribution in [0, 0.1) is 12.3 Å². The second-order valence-electron chi connectivity index (χ2n) is 4.14. The number of terminal acetylenes is 1. The van der Waals surface area contributed by atoms with Gasteiger partial charge >= 0.3 is 6.03 Å². The minimum atomic E-state index is -0.513. The number of carbonyl (C=O) groups is 1. The van der Waals surface area contributed by atoms with Gasteiger partial charge in [0.2, 0.25) is 0 Å². The van der Waals surface area contributed by atoms with Crippen molar-refractivity contribution >= 4 is 11.9 Å². The summed E-state index contributed by atoms with van der Waals surface area (Å²) in [5.41, 5.74) is 5.37. The Morgan fingerprint density at radius 3 is 2.81 bits per heavy atom. The van der Waals surface area contributed by atoms with E-state index in [9.17, 15) is 4.79 Å². The van der Waals surface area contributed by atoms with Gasteiger partial charge in [-0.25, -0.2) is 4.79 Å². The number of amidine groups is 1. The van der Waals surface area contributed by atoms with Crippen molar-refractivity contribution in [1.82, 2.24) is 4.90 Å². The highest BCUT2D eigenvalue weighted by atomic mass is 16.5. The maximum absolute atomic E-state index is 11.8. The minimum Gasteiger partial charge on any atom is -0.385 e. The number of nitrogens with two attached hydrogens (primary N) is 1. The van der Waals surface area contributed by atoms with Gasteiger partial charge in [-0.2, -0.15) is 4.99 Å².